The Kier molecular flexibility index (Phi) is 4.84. The fraction of sp³-hybridized carbons (Fsp3) is 0.278. The lowest BCUT2D eigenvalue weighted by atomic mass is 9.84. The van der Waals surface area contributed by atoms with E-state index in [4.69, 9.17) is 0 Å². The molecule has 1 N–H and O–H groups in total. The number of hydrogen-bond acceptors (Lipinski definition) is 1. The van der Waals surface area contributed by atoms with Gasteiger partial charge in [-0.3, -0.25) is 4.79 Å². The zero-order valence-electron chi connectivity index (χ0n) is 12.6. The van der Waals surface area contributed by atoms with Crippen molar-refractivity contribution in [2.75, 3.05) is 6.54 Å². The van der Waals surface area contributed by atoms with Gasteiger partial charge in [0.15, 0.2) is 0 Å². The fourth-order valence-corrected chi connectivity index (χ4v) is 2.87. The highest BCUT2D eigenvalue weighted by Gasteiger charge is 2.21. The molecule has 0 unspecified atom stereocenters. The molecule has 21 heavy (non-hydrogen) atoms. The van der Waals surface area contributed by atoms with Crippen LogP contribution in [-0.2, 0) is 5.41 Å². The lowest BCUT2D eigenvalue weighted by Gasteiger charge is -2.25. The van der Waals surface area contributed by atoms with Crippen LogP contribution >= 0.6 is 15.9 Å². The third kappa shape index (κ3) is 4.18. The normalized spacial score (nSPS) is 11.2. The number of hydrogen-bond donors (Lipinski definition) is 1. The number of benzene rings is 2. The van der Waals surface area contributed by atoms with E-state index in [1.807, 2.05) is 43.3 Å². The Morgan fingerprint density at radius 3 is 2.43 bits per heavy atom. The summed E-state index contributed by atoms with van der Waals surface area (Å²) < 4.78 is 0.926. The molecule has 3 heteroatoms. The van der Waals surface area contributed by atoms with Gasteiger partial charge in [-0.05, 0) is 36.2 Å². The molecule has 0 spiro atoms. The summed E-state index contributed by atoms with van der Waals surface area (Å²) in [5.74, 6) is -0.0385. The second kappa shape index (κ2) is 6.44. The maximum atomic E-state index is 12.3. The highest BCUT2D eigenvalue weighted by atomic mass is 79.9. The summed E-state index contributed by atoms with van der Waals surface area (Å²) in [5, 5.41) is 3.03. The van der Waals surface area contributed by atoms with Crippen molar-refractivity contribution < 1.29 is 4.79 Å². The van der Waals surface area contributed by atoms with Gasteiger partial charge in [-0.1, -0.05) is 60.1 Å². The minimum absolute atomic E-state index is 0.0385. The minimum Gasteiger partial charge on any atom is -0.351 e. The van der Waals surface area contributed by atoms with Crippen molar-refractivity contribution in [3.05, 3.63) is 69.7 Å². The average molecular weight is 346 g/mol. The number of carbonyl (C=O) groups excluding carboxylic acids is 1. The van der Waals surface area contributed by atoms with Crippen LogP contribution in [0, 0.1) is 6.92 Å². The summed E-state index contributed by atoms with van der Waals surface area (Å²) in [7, 11) is 0. The highest BCUT2D eigenvalue weighted by Crippen LogP contribution is 2.22. The molecule has 0 saturated carbocycles. The van der Waals surface area contributed by atoms with Gasteiger partial charge in [0, 0.05) is 22.0 Å². The molecule has 0 atom stereocenters. The van der Waals surface area contributed by atoms with E-state index in [1.54, 1.807) is 0 Å². The topological polar surface area (TPSA) is 29.1 Å². The number of carbonyl (C=O) groups is 1. The van der Waals surface area contributed by atoms with E-state index < -0.39 is 0 Å². The molecule has 0 aromatic heterocycles. The average Bonchev–Trinajstić information content (AvgIpc) is 2.45. The van der Waals surface area contributed by atoms with Crippen LogP contribution < -0.4 is 5.32 Å². The van der Waals surface area contributed by atoms with Crippen LogP contribution in [0.3, 0.4) is 0 Å². The lowest BCUT2D eigenvalue weighted by Crippen LogP contribution is -2.36. The second-order valence-electron chi connectivity index (χ2n) is 5.95. The van der Waals surface area contributed by atoms with Crippen LogP contribution in [0.2, 0.25) is 0 Å². The molecule has 2 nitrogen and oxygen atoms in total. The Bertz CT molecular complexity index is 615. The number of amides is 1. The second-order valence-corrected chi connectivity index (χ2v) is 6.87. The molecule has 0 aliphatic carbocycles. The maximum absolute atomic E-state index is 12.3. The van der Waals surface area contributed by atoms with Gasteiger partial charge < -0.3 is 5.32 Å². The predicted octanol–water partition coefficient (Wildman–Crippen LogP) is 4.47. The first-order chi connectivity index (χ1) is 9.88. The molecule has 0 saturated heterocycles. The number of rotatable bonds is 4. The van der Waals surface area contributed by atoms with Gasteiger partial charge in [-0.25, -0.2) is 0 Å². The first-order valence-electron chi connectivity index (χ1n) is 6.99. The van der Waals surface area contributed by atoms with E-state index >= 15 is 0 Å². The van der Waals surface area contributed by atoms with Gasteiger partial charge in [0.25, 0.3) is 5.91 Å². The van der Waals surface area contributed by atoms with Crippen molar-refractivity contribution in [3.8, 4) is 0 Å². The van der Waals surface area contributed by atoms with E-state index in [9.17, 15) is 4.79 Å². The summed E-state index contributed by atoms with van der Waals surface area (Å²) in [4.78, 5) is 12.3. The molecular formula is C18H20BrNO. The fourth-order valence-electron chi connectivity index (χ4n) is 2.26. The summed E-state index contributed by atoms with van der Waals surface area (Å²) in [6.07, 6.45) is 0. The monoisotopic (exact) mass is 345 g/mol. The van der Waals surface area contributed by atoms with Gasteiger partial charge >= 0.3 is 0 Å². The quantitative estimate of drug-likeness (QED) is 0.870. The molecule has 2 rings (SSSR count). The van der Waals surface area contributed by atoms with Crippen molar-refractivity contribution >= 4 is 21.8 Å². The molecule has 0 aliphatic rings. The standard InChI is InChI=1S/C18H20BrNO/c1-13-9-14(11-16(19)10-13)17(21)20-12-18(2,3)15-7-5-4-6-8-15/h4-11H,12H2,1-3H3,(H,20,21). The van der Waals surface area contributed by atoms with Crippen LogP contribution in [-0.4, -0.2) is 12.5 Å². The Balaban J connectivity index is 2.07. The molecular weight excluding hydrogens is 326 g/mol. The van der Waals surface area contributed by atoms with Gasteiger partial charge in [-0.15, -0.1) is 0 Å². The SMILES string of the molecule is Cc1cc(Br)cc(C(=O)NCC(C)(C)c2ccccc2)c1. The van der Waals surface area contributed by atoms with E-state index in [2.05, 4.69) is 47.2 Å². The van der Waals surface area contributed by atoms with Crippen molar-refractivity contribution in [2.24, 2.45) is 0 Å². The molecule has 1 amide bonds. The van der Waals surface area contributed by atoms with Crippen molar-refractivity contribution in [1.29, 1.82) is 0 Å². The minimum atomic E-state index is -0.0992. The van der Waals surface area contributed by atoms with Crippen molar-refractivity contribution in [1.82, 2.24) is 5.32 Å². The molecule has 110 valence electrons. The zero-order chi connectivity index (χ0) is 15.5. The Morgan fingerprint density at radius 2 is 1.81 bits per heavy atom. The van der Waals surface area contributed by atoms with Gasteiger partial charge in [0.2, 0.25) is 0 Å². The third-order valence-corrected chi connectivity index (χ3v) is 4.01. The molecule has 0 fully saturated rings. The first kappa shape index (κ1) is 15.8. The highest BCUT2D eigenvalue weighted by molar-refractivity contribution is 9.10. The van der Waals surface area contributed by atoms with Gasteiger partial charge in [0.05, 0.1) is 0 Å². The molecule has 0 aliphatic heterocycles. The molecule has 0 heterocycles. The smallest absolute Gasteiger partial charge is 0.251 e. The largest absolute Gasteiger partial charge is 0.351 e. The Labute approximate surface area is 134 Å². The Hall–Kier alpha value is -1.61. The van der Waals surface area contributed by atoms with Crippen molar-refractivity contribution in [3.63, 3.8) is 0 Å². The predicted molar refractivity (Wildman–Crippen MR) is 90.7 cm³/mol. The zero-order valence-corrected chi connectivity index (χ0v) is 14.2. The summed E-state index contributed by atoms with van der Waals surface area (Å²) in [6, 6.07) is 16.0. The first-order valence-corrected chi connectivity index (χ1v) is 7.79. The van der Waals surface area contributed by atoms with Crippen LogP contribution in [0.4, 0.5) is 0 Å². The van der Waals surface area contributed by atoms with E-state index in [1.165, 1.54) is 5.56 Å². The van der Waals surface area contributed by atoms with Gasteiger partial charge in [0.1, 0.15) is 0 Å². The number of aryl methyl sites for hydroxylation is 1. The van der Waals surface area contributed by atoms with Gasteiger partial charge in [-0.2, -0.15) is 0 Å². The summed E-state index contributed by atoms with van der Waals surface area (Å²) in [5.41, 5.74) is 2.87. The van der Waals surface area contributed by atoms with Crippen LogP contribution in [0.15, 0.2) is 53.0 Å². The molecule has 0 bridgehead atoms. The third-order valence-electron chi connectivity index (χ3n) is 3.55. The lowest BCUT2D eigenvalue weighted by molar-refractivity contribution is 0.0945. The molecule has 2 aromatic rings. The summed E-state index contributed by atoms with van der Waals surface area (Å²) >= 11 is 3.43. The van der Waals surface area contributed by atoms with Crippen LogP contribution in [0.1, 0.15) is 35.3 Å². The van der Waals surface area contributed by atoms with E-state index in [0.29, 0.717) is 12.1 Å². The van der Waals surface area contributed by atoms with E-state index in [-0.39, 0.29) is 11.3 Å². The molecule has 0 radical (unpaired) electrons. The maximum Gasteiger partial charge on any atom is 0.251 e. The summed E-state index contributed by atoms with van der Waals surface area (Å²) in [6.45, 7) is 6.85. The van der Waals surface area contributed by atoms with Crippen molar-refractivity contribution in [2.45, 2.75) is 26.2 Å². The van der Waals surface area contributed by atoms with E-state index in [0.717, 1.165) is 10.0 Å². The molecule has 2 aromatic carbocycles. The Morgan fingerprint density at radius 1 is 1.14 bits per heavy atom. The number of halogens is 1. The van der Waals surface area contributed by atoms with Crippen LogP contribution in [0.25, 0.3) is 0 Å². The number of nitrogens with one attached hydrogen (secondary N) is 1. The van der Waals surface area contributed by atoms with Crippen LogP contribution in [0.5, 0.6) is 0 Å².